The number of nitrogens with one attached hydrogen (secondary N) is 1. The summed E-state index contributed by atoms with van der Waals surface area (Å²) >= 11 is 0. The topological polar surface area (TPSA) is 64.2 Å². The number of halogens is 1. The quantitative estimate of drug-likeness (QED) is 0.678. The van der Waals surface area contributed by atoms with Crippen LogP contribution in [0, 0.1) is 5.82 Å². The van der Waals surface area contributed by atoms with Gasteiger partial charge in [-0.05, 0) is 37.2 Å². The van der Waals surface area contributed by atoms with E-state index in [9.17, 15) is 4.39 Å². The van der Waals surface area contributed by atoms with Gasteiger partial charge in [0.1, 0.15) is 18.0 Å². The van der Waals surface area contributed by atoms with Crippen LogP contribution in [-0.2, 0) is 0 Å². The van der Waals surface area contributed by atoms with E-state index in [1.165, 1.54) is 12.5 Å². The van der Waals surface area contributed by atoms with Crippen molar-refractivity contribution in [2.75, 3.05) is 50.7 Å². The Morgan fingerprint density at radius 1 is 1.07 bits per heavy atom. The Balaban J connectivity index is 1.33. The van der Waals surface area contributed by atoms with E-state index in [2.05, 4.69) is 40.9 Å². The molecule has 3 aromatic rings. The molecule has 1 aromatic carbocycles. The molecule has 0 amide bonds. The van der Waals surface area contributed by atoms with Gasteiger partial charge in [0.25, 0.3) is 0 Å². The fourth-order valence-corrected chi connectivity index (χ4v) is 4.38. The average molecular weight is 407 g/mol. The second-order valence-corrected chi connectivity index (χ2v) is 7.99. The number of aromatic amines is 1. The average Bonchev–Trinajstić information content (AvgIpc) is 3.28. The number of anilines is 1. The highest BCUT2D eigenvalue weighted by atomic mass is 19.1. The summed E-state index contributed by atoms with van der Waals surface area (Å²) in [6.07, 6.45) is 8.37. The van der Waals surface area contributed by atoms with Crippen LogP contribution in [0.4, 0.5) is 10.2 Å². The van der Waals surface area contributed by atoms with Gasteiger partial charge in [-0.3, -0.25) is 10.00 Å². The summed E-state index contributed by atoms with van der Waals surface area (Å²) < 4.78 is 13.9. The van der Waals surface area contributed by atoms with Crippen LogP contribution in [0.5, 0.6) is 0 Å². The SMILES string of the molecule is Fc1cccc(C(CN2CCC2)N2CCN(c3ncncc3-c3cn[nH]c3)CC2)c1. The monoisotopic (exact) mass is 407 g/mol. The highest BCUT2D eigenvalue weighted by molar-refractivity contribution is 5.74. The van der Waals surface area contributed by atoms with Crippen molar-refractivity contribution in [2.24, 2.45) is 0 Å². The van der Waals surface area contributed by atoms with Gasteiger partial charge in [0.05, 0.1) is 6.20 Å². The van der Waals surface area contributed by atoms with E-state index in [-0.39, 0.29) is 11.9 Å². The number of aromatic nitrogens is 4. The third-order valence-electron chi connectivity index (χ3n) is 6.17. The van der Waals surface area contributed by atoms with Crippen LogP contribution >= 0.6 is 0 Å². The van der Waals surface area contributed by atoms with Crippen molar-refractivity contribution in [3.05, 3.63) is 60.6 Å². The van der Waals surface area contributed by atoms with E-state index < -0.39 is 0 Å². The molecule has 2 aliphatic heterocycles. The summed E-state index contributed by atoms with van der Waals surface area (Å²) in [7, 11) is 0. The highest BCUT2D eigenvalue weighted by Gasteiger charge is 2.29. The fourth-order valence-electron chi connectivity index (χ4n) is 4.38. The number of nitrogens with zero attached hydrogens (tertiary/aromatic N) is 6. The maximum atomic E-state index is 13.9. The number of likely N-dealkylation sites (tertiary alicyclic amines) is 1. The first-order valence-electron chi connectivity index (χ1n) is 10.5. The largest absolute Gasteiger partial charge is 0.353 e. The number of hydrogen-bond donors (Lipinski definition) is 1. The maximum Gasteiger partial charge on any atom is 0.140 e. The molecule has 4 heterocycles. The first kappa shape index (κ1) is 19.1. The molecule has 0 bridgehead atoms. The summed E-state index contributed by atoms with van der Waals surface area (Å²) in [5, 5.41) is 6.92. The van der Waals surface area contributed by atoms with Gasteiger partial charge in [-0.2, -0.15) is 5.10 Å². The lowest BCUT2D eigenvalue weighted by atomic mass is 10.0. The minimum absolute atomic E-state index is 0.162. The Kier molecular flexibility index (Phi) is 5.42. The molecule has 2 aromatic heterocycles. The number of hydrogen-bond acceptors (Lipinski definition) is 6. The van der Waals surface area contributed by atoms with Crippen molar-refractivity contribution < 1.29 is 4.39 Å². The van der Waals surface area contributed by atoms with Gasteiger partial charge >= 0.3 is 0 Å². The molecule has 156 valence electrons. The molecular weight excluding hydrogens is 381 g/mol. The number of piperazine rings is 1. The molecule has 0 radical (unpaired) electrons. The Labute approximate surface area is 175 Å². The third kappa shape index (κ3) is 3.93. The zero-order valence-electron chi connectivity index (χ0n) is 16.9. The van der Waals surface area contributed by atoms with E-state index in [1.807, 2.05) is 18.5 Å². The molecule has 2 fully saturated rings. The molecule has 1 unspecified atom stereocenters. The minimum Gasteiger partial charge on any atom is -0.353 e. The van der Waals surface area contributed by atoms with Crippen molar-refractivity contribution >= 4 is 5.82 Å². The van der Waals surface area contributed by atoms with Crippen LogP contribution in [0.1, 0.15) is 18.0 Å². The predicted molar refractivity (Wildman–Crippen MR) is 114 cm³/mol. The van der Waals surface area contributed by atoms with Gasteiger partial charge in [-0.1, -0.05) is 12.1 Å². The lowest BCUT2D eigenvalue weighted by Gasteiger charge is -2.43. The van der Waals surface area contributed by atoms with Crippen molar-refractivity contribution in [2.45, 2.75) is 12.5 Å². The molecule has 8 heteroatoms. The number of rotatable bonds is 6. The lowest BCUT2D eigenvalue weighted by Crippen LogP contribution is -2.51. The van der Waals surface area contributed by atoms with E-state index in [0.29, 0.717) is 0 Å². The second-order valence-electron chi connectivity index (χ2n) is 7.99. The van der Waals surface area contributed by atoms with Crippen LogP contribution in [0.2, 0.25) is 0 Å². The van der Waals surface area contributed by atoms with Gasteiger partial charge in [0.2, 0.25) is 0 Å². The summed E-state index contributed by atoms with van der Waals surface area (Å²) in [5.41, 5.74) is 3.04. The first-order valence-corrected chi connectivity index (χ1v) is 10.5. The molecule has 2 aliphatic rings. The third-order valence-corrected chi connectivity index (χ3v) is 6.17. The Bertz CT molecular complexity index is 965. The van der Waals surface area contributed by atoms with E-state index in [4.69, 9.17) is 0 Å². The Morgan fingerprint density at radius 3 is 2.63 bits per heavy atom. The van der Waals surface area contributed by atoms with Gasteiger partial charge < -0.3 is 9.80 Å². The van der Waals surface area contributed by atoms with Crippen LogP contribution in [0.3, 0.4) is 0 Å². The lowest BCUT2D eigenvalue weighted by molar-refractivity contribution is 0.0964. The summed E-state index contributed by atoms with van der Waals surface area (Å²) in [6.45, 7) is 6.79. The minimum atomic E-state index is -0.162. The fraction of sp³-hybridized carbons (Fsp3) is 0.409. The molecular formula is C22H26FN7. The van der Waals surface area contributed by atoms with Crippen LogP contribution in [0.15, 0.2) is 49.2 Å². The summed E-state index contributed by atoms with van der Waals surface area (Å²) in [4.78, 5) is 16.0. The van der Waals surface area contributed by atoms with Gasteiger partial charge in [-0.15, -0.1) is 0 Å². The molecule has 0 saturated carbocycles. The van der Waals surface area contributed by atoms with E-state index >= 15 is 0 Å². The van der Waals surface area contributed by atoms with Crippen LogP contribution in [0.25, 0.3) is 11.1 Å². The number of H-pyrrole nitrogens is 1. The van der Waals surface area contributed by atoms with E-state index in [1.54, 1.807) is 18.6 Å². The molecule has 30 heavy (non-hydrogen) atoms. The molecule has 0 spiro atoms. The highest BCUT2D eigenvalue weighted by Crippen LogP contribution is 2.30. The standard InChI is InChI=1S/C22H26FN7/c23-19-4-1-3-17(11-19)21(15-28-5-2-6-28)29-7-9-30(10-8-29)22-20(14-24-16-25-22)18-12-26-27-13-18/h1,3-4,11-14,16,21H,2,5-10,15H2,(H,26,27). The molecule has 0 aliphatic carbocycles. The summed E-state index contributed by atoms with van der Waals surface area (Å²) in [5.74, 6) is 0.779. The Hall–Kier alpha value is -2.84. The van der Waals surface area contributed by atoms with Crippen molar-refractivity contribution in [1.29, 1.82) is 0 Å². The molecule has 2 saturated heterocycles. The zero-order chi connectivity index (χ0) is 20.3. The zero-order valence-corrected chi connectivity index (χ0v) is 16.9. The van der Waals surface area contributed by atoms with Crippen molar-refractivity contribution in [3.63, 3.8) is 0 Å². The summed E-state index contributed by atoms with van der Waals surface area (Å²) in [6, 6.07) is 7.30. The van der Waals surface area contributed by atoms with Crippen molar-refractivity contribution in [3.8, 4) is 11.1 Å². The molecule has 5 rings (SSSR count). The first-order chi connectivity index (χ1) is 14.8. The van der Waals surface area contributed by atoms with Gasteiger partial charge in [0.15, 0.2) is 0 Å². The smallest absolute Gasteiger partial charge is 0.140 e. The normalized spacial score (nSPS) is 18.9. The predicted octanol–water partition coefficient (Wildman–Crippen LogP) is 2.57. The maximum absolute atomic E-state index is 13.9. The van der Waals surface area contributed by atoms with Gasteiger partial charge in [0, 0.05) is 62.3 Å². The Morgan fingerprint density at radius 2 is 1.93 bits per heavy atom. The molecule has 1 N–H and O–H groups in total. The van der Waals surface area contributed by atoms with E-state index in [0.717, 1.165) is 68.3 Å². The molecule has 7 nitrogen and oxygen atoms in total. The second kappa shape index (κ2) is 8.49. The number of benzene rings is 1. The molecule has 1 atom stereocenters. The van der Waals surface area contributed by atoms with Gasteiger partial charge in [-0.25, -0.2) is 14.4 Å². The van der Waals surface area contributed by atoms with Crippen molar-refractivity contribution in [1.82, 2.24) is 30.0 Å². The van der Waals surface area contributed by atoms with Crippen LogP contribution < -0.4 is 4.90 Å². The van der Waals surface area contributed by atoms with Crippen LogP contribution in [-0.4, -0.2) is 75.8 Å².